The normalized spacial score (nSPS) is 13.2. The van der Waals surface area contributed by atoms with E-state index in [0.717, 1.165) is 18.4 Å². The van der Waals surface area contributed by atoms with Crippen molar-refractivity contribution in [3.63, 3.8) is 0 Å². The van der Waals surface area contributed by atoms with Gasteiger partial charge in [0.1, 0.15) is 0 Å². The standard InChI is InChI=1S/C20H18N4O3/c1-12-21-20(27-24-12)15-4-2-13(3-5-15)18(25)22-16-8-6-14(7-9-16)19(26)23-17-10-11-17/h2-9,17H,10-11H2,1H3,(H,22,25)(H,23,26). The minimum atomic E-state index is -0.238. The van der Waals surface area contributed by atoms with E-state index in [1.54, 1.807) is 55.5 Å². The molecule has 27 heavy (non-hydrogen) atoms. The Kier molecular flexibility index (Phi) is 4.42. The first-order valence-corrected chi connectivity index (χ1v) is 8.71. The largest absolute Gasteiger partial charge is 0.349 e. The van der Waals surface area contributed by atoms with Crippen molar-refractivity contribution in [2.45, 2.75) is 25.8 Å². The summed E-state index contributed by atoms with van der Waals surface area (Å²) in [5.74, 6) is 0.654. The second-order valence-electron chi connectivity index (χ2n) is 6.50. The molecule has 1 aromatic heterocycles. The lowest BCUT2D eigenvalue weighted by Gasteiger charge is -2.07. The molecule has 2 aromatic carbocycles. The summed E-state index contributed by atoms with van der Waals surface area (Å²) in [6, 6.07) is 14.1. The second kappa shape index (κ2) is 7.03. The number of rotatable bonds is 5. The van der Waals surface area contributed by atoms with E-state index in [1.165, 1.54) is 0 Å². The lowest BCUT2D eigenvalue weighted by Crippen LogP contribution is -2.25. The minimum Gasteiger partial charge on any atom is -0.349 e. The van der Waals surface area contributed by atoms with Crippen molar-refractivity contribution in [1.82, 2.24) is 15.5 Å². The molecule has 0 atom stereocenters. The number of hydrogen-bond donors (Lipinski definition) is 2. The maximum Gasteiger partial charge on any atom is 0.257 e. The summed E-state index contributed by atoms with van der Waals surface area (Å²) in [6.45, 7) is 1.75. The third-order valence-corrected chi connectivity index (χ3v) is 4.24. The summed E-state index contributed by atoms with van der Waals surface area (Å²) in [7, 11) is 0. The van der Waals surface area contributed by atoms with Crippen molar-refractivity contribution < 1.29 is 14.1 Å². The monoisotopic (exact) mass is 362 g/mol. The van der Waals surface area contributed by atoms with E-state index in [-0.39, 0.29) is 11.8 Å². The van der Waals surface area contributed by atoms with Crippen LogP contribution in [0.25, 0.3) is 11.5 Å². The molecule has 0 unspecified atom stereocenters. The van der Waals surface area contributed by atoms with Crippen LogP contribution in [0, 0.1) is 6.92 Å². The molecule has 0 radical (unpaired) electrons. The highest BCUT2D eigenvalue weighted by Crippen LogP contribution is 2.20. The summed E-state index contributed by atoms with van der Waals surface area (Å²) < 4.78 is 5.11. The Morgan fingerprint density at radius 1 is 0.963 bits per heavy atom. The Hall–Kier alpha value is -3.48. The average molecular weight is 362 g/mol. The zero-order chi connectivity index (χ0) is 18.8. The van der Waals surface area contributed by atoms with E-state index in [9.17, 15) is 9.59 Å². The van der Waals surface area contributed by atoms with E-state index in [2.05, 4.69) is 20.8 Å². The van der Waals surface area contributed by atoms with Gasteiger partial charge >= 0.3 is 0 Å². The van der Waals surface area contributed by atoms with Gasteiger partial charge in [-0.1, -0.05) is 5.16 Å². The van der Waals surface area contributed by atoms with Crippen LogP contribution in [0.2, 0.25) is 0 Å². The average Bonchev–Trinajstić information content (AvgIpc) is 3.39. The molecule has 0 spiro atoms. The van der Waals surface area contributed by atoms with Crippen LogP contribution < -0.4 is 10.6 Å². The number of hydrogen-bond acceptors (Lipinski definition) is 5. The molecule has 1 heterocycles. The van der Waals surface area contributed by atoms with Gasteiger partial charge in [-0.2, -0.15) is 4.98 Å². The molecule has 2 amide bonds. The molecule has 136 valence electrons. The van der Waals surface area contributed by atoms with Gasteiger partial charge in [0.25, 0.3) is 17.7 Å². The maximum absolute atomic E-state index is 12.4. The predicted octanol–water partition coefficient (Wildman–Crippen LogP) is 3.19. The fraction of sp³-hybridized carbons (Fsp3) is 0.200. The molecule has 1 fully saturated rings. The van der Waals surface area contributed by atoms with E-state index in [4.69, 9.17) is 4.52 Å². The quantitative estimate of drug-likeness (QED) is 0.726. The first-order chi connectivity index (χ1) is 13.1. The summed E-state index contributed by atoms with van der Waals surface area (Å²) in [6.07, 6.45) is 2.09. The van der Waals surface area contributed by atoms with Crippen LogP contribution in [-0.2, 0) is 0 Å². The molecule has 4 rings (SSSR count). The zero-order valence-electron chi connectivity index (χ0n) is 14.7. The van der Waals surface area contributed by atoms with Crippen LogP contribution in [0.15, 0.2) is 53.1 Å². The number of nitrogens with one attached hydrogen (secondary N) is 2. The molecule has 0 saturated heterocycles. The molecule has 1 saturated carbocycles. The predicted molar refractivity (Wildman–Crippen MR) is 99.4 cm³/mol. The lowest BCUT2D eigenvalue weighted by molar-refractivity contribution is 0.0950. The van der Waals surface area contributed by atoms with Crippen molar-refractivity contribution in [3.8, 4) is 11.5 Å². The highest BCUT2D eigenvalue weighted by Gasteiger charge is 2.23. The smallest absolute Gasteiger partial charge is 0.257 e. The zero-order valence-corrected chi connectivity index (χ0v) is 14.7. The Labute approximate surface area is 155 Å². The minimum absolute atomic E-state index is 0.0813. The maximum atomic E-state index is 12.4. The van der Waals surface area contributed by atoms with Crippen LogP contribution in [0.4, 0.5) is 5.69 Å². The van der Waals surface area contributed by atoms with Crippen molar-refractivity contribution in [2.24, 2.45) is 0 Å². The van der Waals surface area contributed by atoms with Crippen LogP contribution in [0.3, 0.4) is 0 Å². The fourth-order valence-corrected chi connectivity index (χ4v) is 2.58. The highest BCUT2D eigenvalue weighted by atomic mass is 16.5. The van der Waals surface area contributed by atoms with Crippen LogP contribution in [-0.4, -0.2) is 28.0 Å². The molecule has 0 aliphatic heterocycles. The number of carbonyl (C=O) groups excluding carboxylic acids is 2. The van der Waals surface area contributed by atoms with Gasteiger partial charge in [0.2, 0.25) is 0 Å². The molecule has 3 aromatic rings. The Bertz CT molecular complexity index is 973. The molecule has 1 aliphatic carbocycles. The number of anilines is 1. The molecule has 7 heteroatoms. The van der Waals surface area contributed by atoms with Crippen LogP contribution >= 0.6 is 0 Å². The van der Waals surface area contributed by atoms with Gasteiger partial charge < -0.3 is 15.2 Å². The van der Waals surface area contributed by atoms with Crippen molar-refractivity contribution >= 4 is 17.5 Å². The number of nitrogens with zero attached hydrogens (tertiary/aromatic N) is 2. The summed E-state index contributed by atoms with van der Waals surface area (Å²) >= 11 is 0. The molecule has 0 bridgehead atoms. The molecular weight excluding hydrogens is 344 g/mol. The summed E-state index contributed by atoms with van der Waals surface area (Å²) in [4.78, 5) is 28.5. The molecular formula is C20H18N4O3. The lowest BCUT2D eigenvalue weighted by atomic mass is 10.1. The van der Waals surface area contributed by atoms with Crippen molar-refractivity contribution in [2.75, 3.05) is 5.32 Å². The number of carbonyl (C=O) groups is 2. The SMILES string of the molecule is Cc1noc(-c2ccc(C(=O)Nc3ccc(C(=O)NC4CC4)cc3)cc2)n1. The van der Waals surface area contributed by atoms with Gasteiger partial charge in [0.15, 0.2) is 5.82 Å². The van der Waals surface area contributed by atoms with Gasteiger partial charge in [0.05, 0.1) is 0 Å². The Morgan fingerprint density at radius 3 is 2.19 bits per heavy atom. The van der Waals surface area contributed by atoms with Gasteiger partial charge in [-0.3, -0.25) is 9.59 Å². The topological polar surface area (TPSA) is 97.1 Å². The van der Waals surface area contributed by atoms with Gasteiger partial charge in [0, 0.05) is 28.4 Å². The van der Waals surface area contributed by atoms with Gasteiger partial charge in [-0.15, -0.1) is 0 Å². The number of benzene rings is 2. The molecule has 7 nitrogen and oxygen atoms in total. The number of aryl methyl sites for hydroxylation is 1. The Morgan fingerprint density at radius 2 is 1.59 bits per heavy atom. The van der Waals surface area contributed by atoms with Crippen molar-refractivity contribution in [1.29, 1.82) is 0 Å². The third-order valence-electron chi connectivity index (χ3n) is 4.24. The van der Waals surface area contributed by atoms with Crippen LogP contribution in [0.1, 0.15) is 39.4 Å². The van der Waals surface area contributed by atoms with E-state index >= 15 is 0 Å². The first-order valence-electron chi connectivity index (χ1n) is 8.71. The molecule has 2 N–H and O–H groups in total. The summed E-state index contributed by atoms with van der Waals surface area (Å²) in [5, 5.41) is 9.50. The van der Waals surface area contributed by atoms with E-state index in [1.807, 2.05) is 0 Å². The molecule has 1 aliphatic rings. The van der Waals surface area contributed by atoms with Crippen molar-refractivity contribution in [3.05, 3.63) is 65.5 Å². The number of aromatic nitrogens is 2. The highest BCUT2D eigenvalue weighted by molar-refractivity contribution is 6.04. The Balaban J connectivity index is 1.40. The van der Waals surface area contributed by atoms with E-state index < -0.39 is 0 Å². The first kappa shape index (κ1) is 17.0. The fourth-order valence-electron chi connectivity index (χ4n) is 2.58. The van der Waals surface area contributed by atoms with Gasteiger partial charge in [-0.05, 0) is 68.3 Å². The van der Waals surface area contributed by atoms with Gasteiger partial charge in [-0.25, -0.2) is 0 Å². The van der Waals surface area contributed by atoms with E-state index in [0.29, 0.717) is 34.6 Å². The third kappa shape index (κ3) is 4.03. The van der Waals surface area contributed by atoms with Crippen LogP contribution in [0.5, 0.6) is 0 Å². The number of amides is 2. The summed E-state index contributed by atoms with van der Waals surface area (Å²) in [5.41, 5.74) is 2.46. The second-order valence-corrected chi connectivity index (χ2v) is 6.50.